The highest BCUT2D eigenvalue weighted by molar-refractivity contribution is 6.30. The highest BCUT2D eigenvalue weighted by Crippen LogP contribution is 2.24. The molecule has 0 aliphatic carbocycles. The van der Waals surface area contributed by atoms with Crippen LogP contribution in [0, 0.1) is 5.82 Å². The Morgan fingerprint density at radius 1 is 1.11 bits per heavy atom. The molecule has 2 heterocycles. The third kappa shape index (κ3) is 7.38. The number of nitrogens with one attached hydrogen (secondary N) is 3. The van der Waals surface area contributed by atoms with Crippen molar-refractivity contribution in [1.29, 1.82) is 0 Å². The Morgan fingerprint density at radius 3 is 2.66 bits per heavy atom. The van der Waals surface area contributed by atoms with Crippen LogP contribution in [0.1, 0.15) is 22.9 Å². The summed E-state index contributed by atoms with van der Waals surface area (Å²) in [6, 6.07) is 18.3. The second-order valence-electron chi connectivity index (χ2n) is 9.42. The number of aromatic amines is 1. The maximum atomic E-state index is 14.0. The molecule has 3 N–H and O–H groups in total. The minimum atomic E-state index is -0.761. The molecule has 0 saturated heterocycles. The molecule has 2 aromatic heterocycles. The van der Waals surface area contributed by atoms with E-state index in [1.807, 2.05) is 0 Å². The van der Waals surface area contributed by atoms with Gasteiger partial charge < -0.3 is 10.1 Å². The normalized spacial score (nSPS) is 11.7. The fourth-order valence-corrected chi connectivity index (χ4v) is 4.55. The van der Waals surface area contributed by atoms with Crippen LogP contribution >= 0.6 is 11.6 Å². The van der Waals surface area contributed by atoms with E-state index in [4.69, 9.17) is 11.6 Å². The summed E-state index contributed by atoms with van der Waals surface area (Å²) >= 11 is 6.19. The van der Waals surface area contributed by atoms with Gasteiger partial charge in [-0.3, -0.25) is 14.9 Å². The molecule has 0 aliphatic rings. The number of benzene rings is 3. The van der Waals surface area contributed by atoms with Crippen LogP contribution < -0.4 is 16.2 Å². The maximum Gasteiger partial charge on any atom is 0.411 e. The van der Waals surface area contributed by atoms with Crippen LogP contribution in [-0.2, 0) is 16.0 Å². The number of rotatable bonds is 9. The SMILES string of the molecule is COC(=O)Nc1ccc(-c2cc([C@H](Cc3cccc(F)c3)NC(=O)/C=C/c3cc(Cl)ccc3-n3cnnn3)n[nH]c2=O)cc1. The Morgan fingerprint density at radius 2 is 1.93 bits per heavy atom. The van der Waals surface area contributed by atoms with Gasteiger partial charge in [0.2, 0.25) is 5.91 Å². The molecular weight excluding hydrogens is 591 g/mol. The molecule has 3 aromatic carbocycles. The van der Waals surface area contributed by atoms with Crippen molar-refractivity contribution in [1.82, 2.24) is 35.7 Å². The largest absolute Gasteiger partial charge is 0.453 e. The zero-order valence-corrected chi connectivity index (χ0v) is 23.8. The third-order valence-electron chi connectivity index (χ3n) is 6.45. The molecule has 0 radical (unpaired) electrons. The molecule has 2 amide bonds. The molecule has 0 aliphatic heterocycles. The summed E-state index contributed by atoms with van der Waals surface area (Å²) in [5, 5.41) is 23.8. The Balaban J connectivity index is 1.44. The molecule has 12 nitrogen and oxygen atoms in total. The second kappa shape index (κ2) is 13.5. The fourth-order valence-electron chi connectivity index (χ4n) is 4.37. The van der Waals surface area contributed by atoms with Crippen LogP contribution in [0.4, 0.5) is 14.9 Å². The van der Waals surface area contributed by atoms with Crippen LogP contribution in [0.3, 0.4) is 0 Å². The number of nitrogens with zero attached hydrogens (tertiary/aromatic N) is 5. The lowest BCUT2D eigenvalue weighted by Crippen LogP contribution is -2.30. The van der Waals surface area contributed by atoms with E-state index in [9.17, 15) is 18.8 Å². The van der Waals surface area contributed by atoms with E-state index >= 15 is 0 Å². The summed E-state index contributed by atoms with van der Waals surface area (Å²) in [7, 11) is 1.25. The standard InChI is InChI=1S/C30H24ClFN8O4/c1-44-30(43)34-23-9-5-19(6-10-23)24-16-26(36-37-29(24)42)25(14-18-3-2-4-22(32)13-18)35-28(41)12-7-20-15-21(31)8-11-27(20)40-17-33-38-39-40/h2-13,15-17,25H,14H2,1H3,(H,34,43)(H,35,41)(H,37,42)/b12-7+/t25-/m0/s1. The van der Waals surface area contributed by atoms with Crippen LogP contribution in [-0.4, -0.2) is 49.5 Å². The molecular formula is C30H24ClFN8O4. The first-order valence-corrected chi connectivity index (χ1v) is 13.5. The van der Waals surface area contributed by atoms with Crippen LogP contribution in [0.2, 0.25) is 5.02 Å². The maximum absolute atomic E-state index is 14.0. The van der Waals surface area contributed by atoms with Gasteiger partial charge in [0, 0.05) is 22.3 Å². The molecule has 5 rings (SSSR count). The van der Waals surface area contributed by atoms with E-state index in [-0.39, 0.29) is 12.0 Å². The molecule has 0 spiro atoms. The number of aromatic nitrogens is 6. The van der Waals surface area contributed by atoms with Crippen molar-refractivity contribution in [3.63, 3.8) is 0 Å². The van der Waals surface area contributed by atoms with E-state index in [1.54, 1.807) is 66.7 Å². The van der Waals surface area contributed by atoms with Gasteiger partial charge in [0.15, 0.2) is 0 Å². The Labute approximate surface area is 254 Å². The summed E-state index contributed by atoms with van der Waals surface area (Å²) in [6.45, 7) is 0. The van der Waals surface area contributed by atoms with Crippen LogP contribution in [0.25, 0.3) is 22.9 Å². The number of methoxy groups -OCH3 is 1. The average Bonchev–Trinajstić information content (AvgIpc) is 3.55. The summed E-state index contributed by atoms with van der Waals surface area (Å²) < 4.78 is 20.1. The molecule has 0 saturated carbocycles. The number of hydrogen-bond donors (Lipinski definition) is 3. The third-order valence-corrected chi connectivity index (χ3v) is 6.69. The number of amides is 2. The summed E-state index contributed by atoms with van der Waals surface area (Å²) in [4.78, 5) is 37.5. The highest BCUT2D eigenvalue weighted by Gasteiger charge is 2.19. The lowest BCUT2D eigenvalue weighted by atomic mass is 10.00. The van der Waals surface area contributed by atoms with Crippen molar-refractivity contribution >= 4 is 35.4 Å². The van der Waals surface area contributed by atoms with Crippen LogP contribution in [0.15, 0.2) is 90.0 Å². The van der Waals surface area contributed by atoms with E-state index < -0.39 is 29.4 Å². The lowest BCUT2D eigenvalue weighted by molar-refractivity contribution is -0.117. The Bertz CT molecular complexity index is 1880. The second-order valence-corrected chi connectivity index (χ2v) is 9.85. The van der Waals surface area contributed by atoms with E-state index in [0.717, 1.165) is 0 Å². The number of tetrazole rings is 1. The smallest absolute Gasteiger partial charge is 0.411 e. The van der Waals surface area contributed by atoms with Gasteiger partial charge >= 0.3 is 6.09 Å². The van der Waals surface area contributed by atoms with Crippen molar-refractivity contribution in [3.05, 3.63) is 123 Å². The van der Waals surface area contributed by atoms with Gasteiger partial charge in [0.05, 0.1) is 30.1 Å². The van der Waals surface area contributed by atoms with Gasteiger partial charge in [-0.25, -0.2) is 14.3 Å². The molecule has 44 heavy (non-hydrogen) atoms. The van der Waals surface area contributed by atoms with Crippen molar-refractivity contribution < 1.29 is 18.7 Å². The number of hydrogen-bond acceptors (Lipinski definition) is 8. The van der Waals surface area contributed by atoms with Crippen molar-refractivity contribution in [2.75, 3.05) is 12.4 Å². The molecule has 0 bridgehead atoms. The molecule has 5 aromatic rings. The first-order chi connectivity index (χ1) is 21.3. The van der Waals surface area contributed by atoms with E-state index in [2.05, 4.69) is 41.1 Å². The predicted octanol–water partition coefficient (Wildman–Crippen LogP) is 4.50. The molecule has 0 fully saturated rings. The van der Waals surface area contributed by atoms with E-state index in [1.165, 1.54) is 36.3 Å². The number of carbonyl (C=O) groups excluding carboxylic acids is 2. The topological polar surface area (TPSA) is 157 Å². The summed E-state index contributed by atoms with van der Waals surface area (Å²) in [6.07, 6.45) is 3.84. The predicted molar refractivity (Wildman–Crippen MR) is 161 cm³/mol. The first-order valence-electron chi connectivity index (χ1n) is 13.1. The quantitative estimate of drug-likeness (QED) is 0.205. The van der Waals surface area contributed by atoms with Gasteiger partial charge in [-0.15, -0.1) is 5.10 Å². The number of H-pyrrole nitrogens is 1. The zero-order valence-electron chi connectivity index (χ0n) is 23.1. The zero-order chi connectivity index (χ0) is 31.1. The highest BCUT2D eigenvalue weighted by atomic mass is 35.5. The first kappa shape index (κ1) is 29.8. The summed E-state index contributed by atoms with van der Waals surface area (Å²) in [5.74, 6) is -0.916. The fraction of sp³-hybridized carbons (Fsp3) is 0.100. The molecule has 222 valence electrons. The number of anilines is 1. The van der Waals surface area contributed by atoms with Crippen LogP contribution in [0.5, 0.6) is 0 Å². The molecule has 1 atom stereocenters. The Kier molecular flexibility index (Phi) is 9.16. The summed E-state index contributed by atoms with van der Waals surface area (Å²) in [5.41, 5.74) is 2.93. The number of halogens is 2. The average molecular weight is 615 g/mol. The van der Waals surface area contributed by atoms with Crippen molar-refractivity contribution in [2.45, 2.75) is 12.5 Å². The number of ether oxygens (including phenoxy) is 1. The number of carbonyl (C=O) groups is 2. The molecule has 0 unspecified atom stereocenters. The minimum Gasteiger partial charge on any atom is -0.453 e. The Hall–Kier alpha value is -5.69. The lowest BCUT2D eigenvalue weighted by Gasteiger charge is -2.18. The van der Waals surface area contributed by atoms with Gasteiger partial charge in [0.25, 0.3) is 5.56 Å². The van der Waals surface area contributed by atoms with Gasteiger partial charge in [0.1, 0.15) is 12.1 Å². The van der Waals surface area contributed by atoms with Gasteiger partial charge in [-0.2, -0.15) is 9.78 Å². The van der Waals surface area contributed by atoms with Crippen molar-refractivity contribution in [3.8, 4) is 16.8 Å². The monoisotopic (exact) mass is 614 g/mol. The van der Waals surface area contributed by atoms with Gasteiger partial charge in [-0.1, -0.05) is 35.9 Å². The van der Waals surface area contributed by atoms with Crippen molar-refractivity contribution in [2.24, 2.45) is 0 Å². The molecule has 14 heteroatoms. The van der Waals surface area contributed by atoms with E-state index in [0.29, 0.717) is 38.8 Å². The minimum absolute atomic E-state index is 0.171. The van der Waals surface area contributed by atoms with Gasteiger partial charge in [-0.05, 0) is 82.6 Å².